The zero-order valence-electron chi connectivity index (χ0n) is 13.2. The van der Waals surface area contributed by atoms with Crippen molar-refractivity contribution in [2.45, 2.75) is 44.8 Å². The monoisotopic (exact) mass is 336 g/mol. The normalized spacial score (nSPS) is 16.3. The molecule has 2 aromatic rings. The molecule has 0 saturated carbocycles. The van der Waals surface area contributed by atoms with Crippen molar-refractivity contribution in [2.75, 3.05) is 0 Å². The van der Waals surface area contributed by atoms with E-state index in [1.165, 1.54) is 6.07 Å². The first kappa shape index (κ1) is 16.6. The maximum absolute atomic E-state index is 13.3. The highest BCUT2D eigenvalue weighted by atomic mass is 19.2. The Morgan fingerprint density at radius 2 is 2.04 bits per heavy atom. The van der Waals surface area contributed by atoms with Crippen molar-refractivity contribution in [1.82, 2.24) is 10.5 Å². The molecule has 1 amide bonds. The molecule has 1 aromatic carbocycles. The van der Waals surface area contributed by atoms with E-state index in [1.807, 2.05) is 0 Å². The Hall–Kier alpha value is -2.28. The minimum absolute atomic E-state index is 0.184. The number of halogens is 2. The van der Waals surface area contributed by atoms with Crippen molar-refractivity contribution in [1.29, 1.82) is 0 Å². The van der Waals surface area contributed by atoms with Crippen LogP contribution in [0.2, 0.25) is 0 Å². The first-order valence-corrected chi connectivity index (χ1v) is 7.88. The van der Waals surface area contributed by atoms with Crippen molar-refractivity contribution >= 4 is 5.91 Å². The average molecular weight is 336 g/mol. The van der Waals surface area contributed by atoms with Gasteiger partial charge in [-0.05, 0) is 43.9 Å². The van der Waals surface area contributed by atoms with Gasteiger partial charge in [0, 0.05) is 12.0 Å². The van der Waals surface area contributed by atoms with E-state index in [2.05, 4.69) is 10.5 Å². The Kier molecular flexibility index (Phi) is 4.62. The summed E-state index contributed by atoms with van der Waals surface area (Å²) >= 11 is 0. The number of nitrogens with one attached hydrogen (secondary N) is 1. The number of amides is 1. The summed E-state index contributed by atoms with van der Waals surface area (Å²) in [6.07, 6.45) is 2.31. The molecular formula is C17H18F2N2O3. The number of fused-ring (bicyclic) bond motifs is 1. The van der Waals surface area contributed by atoms with E-state index >= 15 is 0 Å². The zero-order valence-corrected chi connectivity index (χ0v) is 13.2. The maximum atomic E-state index is 13.3. The van der Waals surface area contributed by atoms with Crippen LogP contribution >= 0.6 is 0 Å². The van der Waals surface area contributed by atoms with E-state index in [4.69, 9.17) is 4.52 Å². The van der Waals surface area contributed by atoms with Crippen LogP contribution in [0.5, 0.6) is 0 Å². The van der Waals surface area contributed by atoms with Gasteiger partial charge in [0.2, 0.25) is 0 Å². The second-order valence-electron chi connectivity index (χ2n) is 6.02. The summed E-state index contributed by atoms with van der Waals surface area (Å²) in [5, 5.41) is 16.7. The smallest absolute Gasteiger partial charge is 0.274 e. The third-order valence-electron chi connectivity index (χ3n) is 4.28. The summed E-state index contributed by atoms with van der Waals surface area (Å²) in [4.78, 5) is 12.4. The van der Waals surface area contributed by atoms with E-state index in [9.17, 15) is 18.7 Å². The fourth-order valence-electron chi connectivity index (χ4n) is 2.90. The van der Waals surface area contributed by atoms with E-state index in [1.54, 1.807) is 6.92 Å². The third kappa shape index (κ3) is 3.17. The summed E-state index contributed by atoms with van der Waals surface area (Å²) < 4.78 is 31.5. The number of carbonyl (C=O) groups is 1. The van der Waals surface area contributed by atoms with Gasteiger partial charge in [-0.25, -0.2) is 8.78 Å². The van der Waals surface area contributed by atoms with Crippen LogP contribution in [0.4, 0.5) is 8.78 Å². The van der Waals surface area contributed by atoms with Crippen molar-refractivity contribution < 1.29 is 23.2 Å². The molecule has 0 aliphatic heterocycles. The molecule has 1 aromatic heterocycles. The highest BCUT2D eigenvalue weighted by molar-refractivity contribution is 5.94. The Morgan fingerprint density at radius 3 is 2.79 bits per heavy atom. The first-order chi connectivity index (χ1) is 11.5. The summed E-state index contributed by atoms with van der Waals surface area (Å²) in [5.74, 6) is -1.75. The standard InChI is InChI=1S/C17H18F2N2O3/c1-9(16(22)10-6-7-12(18)13(19)8-10)20-17(23)15-11-4-2-3-5-14(11)24-21-15/h6-9,16,22H,2-5H2,1H3,(H,20,23). The number of aromatic nitrogens is 1. The summed E-state index contributed by atoms with van der Waals surface area (Å²) in [5.41, 5.74) is 1.23. The van der Waals surface area contributed by atoms with Crippen LogP contribution in [-0.4, -0.2) is 22.2 Å². The molecule has 24 heavy (non-hydrogen) atoms. The number of hydrogen-bond acceptors (Lipinski definition) is 4. The largest absolute Gasteiger partial charge is 0.386 e. The van der Waals surface area contributed by atoms with Gasteiger partial charge >= 0.3 is 0 Å². The van der Waals surface area contributed by atoms with Gasteiger partial charge in [0.15, 0.2) is 17.3 Å². The van der Waals surface area contributed by atoms with Crippen molar-refractivity contribution in [3.8, 4) is 0 Å². The van der Waals surface area contributed by atoms with Crippen molar-refractivity contribution in [3.63, 3.8) is 0 Å². The first-order valence-electron chi connectivity index (χ1n) is 7.88. The Balaban J connectivity index is 1.71. The molecule has 0 saturated heterocycles. The molecular weight excluding hydrogens is 318 g/mol. The van der Waals surface area contributed by atoms with Gasteiger partial charge in [0.1, 0.15) is 5.76 Å². The number of rotatable bonds is 4. The molecule has 2 N–H and O–H groups in total. The lowest BCUT2D eigenvalue weighted by molar-refractivity contribution is 0.0842. The average Bonchev–Trinajstić information content (AvgIpc) is 3.00. The highest BCUT2D eigenvalue weighted by Crippen LogP contribution is 2.25. The number of nitrogens with zero attached hydrogens (tertiary/aromatic N) is 1. The minimum Gasteiger partial charge on any atom is -0.386 e. The second kappa shape index (κ2) is 6.68. The molecule has 1 aliphatic rings. The maximum Gasteiger partial charge on any atom is 0.274 e. The Bertz CT molecular complexity index is 760. The molecule has 0 radical (unpaired) electrons. The van der Waals surface area contributed by atoms with E-state index in [0.29, 0.717) is 0 Å². The van der Waals surface area contributed by atoms with Crippen LogP contribution < -0.4 is 5.32 Å². The van der Waals surface area contributed by atoms with Gasteiger partial charge in [-0.15, -0.1) is 0 Å². The van der Waals surface area contributed by atoms with Crippen molar-refractivity contribution in [3.05, 3.63) is 52.4 Å². The molecule has 128 valence electrons. The SMILES string of the molecule is CC(NC(=O)c1noc2c1CCCC2)C(O)c1ccc(F)c(F)c1. The highest BCUT2D eigenvalue weighted by Gasteiger charge is 2.26. The molecule has 2 atom stereocenters. The van der Waals surface area contributed by atoms with Gasteiger partial charge in [-0.1, -0.05) is 11.2 Å². The van der Waals surface area contributed by atoms with E-state index in [0.717, 1.165) is 49.1 Å². The van der Waals surface area contributed by atoms with Gasteiger partial charge in [-0.2, -0.15) is 0 Å². The fraction of sp³-hybridized carbons (Fsp3) is 0.412. The molecule has 3 rings (SSSR count). The molecule has 0 spiro atoms. The van der Waals surface area contributed by atoms with Gasteiger partial charge < -0.3 is 14.9 Å². The lowest BCUT2D eigenvalue weighted by Crippen LogP contribution is -2.37. The minimum atomic E-state index is -1.17. The molecule has 0 bridgehead atoms. The molecule has 2 unspecified atom stereocenters. The number of hydrogen-bond donors (Lipinski definition) is 2. The van der Waals surface area contributed by atoms with Gasteiger partial charge in [0.25, 0.3) is 5.91 Å². The summed E-state index contributed by atoms with van der Waals surface area (Å²) in [7, 11) is 0. The number of aryl methyl sites for hydroxylation is 1. The third-order valence-corrected chi connectivity index (χ3v) is 4.28. The topological polar surface area (TPSA) is 75.4 Å². The van der Waals surface area contributed by atoms with Gasteiger partial charge in [-0.3, -0.25) is 4.79 Å². The molecule has 5 nitrogen and oxygen atoms in total. The zero-order chi connectivity index (χ0) is 17.3. The van der Waals surface area contributed by atoms with Crippen LogP contribution in [0.1, 0.15) is 53.2 Å². The number of aliphatic hydroxyl groups is 1. The lowest BCUT2D eigenvalue weighted by atomic mass is 9.96. The predicted molar refractivity (Wildman–Crippen MR) is 81.4 cm³/mol. The quantitative estimate of drug-likeness (QED) is 0.900. The Morgan fingerprint density at radius 1 is 1.29 bits per heavy atom. The molecule has 7 heteroatoms. The van der Waals surface area contributed by atoms with Crippen LogP contribution in [-0.2, 0) is 12.8 Å². The predicted octanol–water partition coefficient (Wildman–Crippen LogP) is 2.68. The summed E-state index contributed by atoms with van der Waals surface area (Å²) in [6.45, 7) is 1.58. The molecule has 1 heterocycles. The fourth-order valence-corrected chi connectivity index (χ4v) is 2.90. The van der Waals surface area contributed by atoms with Crippen LogP contribution in [0.3, 0.4) is 0 Å². The van der Waals surface area contributed by atoms with Crippen molar-refractivity contribution in [2.24, 2.45) is 0 Å². The Labute approximate surface area is 137 Å². The summed E-state index contributed by atoms with van der Waals surface area (Å²) in [6, 6.07) is 2.43. The van der Waals surface area contributed by atoms with E-state index < -0.39 is 29.7 Å². The molecule has 0 fully saturated rings. The second-order valence-corrected chi connectivity index (χ2v) is 6.02. The van der Waals surface area contributed by atoms with Crippen LogP contribution in [0.15, 0.2) is 22.7 Å². The molecule has 1 aliphatic carbocycles. The van der Waals surface area contributed by atoms with Gasteiger partial charge in [0.05, 0.1) is 12.1 Å². The number of aliphatic hydroxyl groups excluding tert-OH is 1. The van der Waals surface area contributed by atoms with Crippen LogP contribution in [0.25, 0.3) is 0 Å². The number of benzene rings is 1. The van der Waals surface area contributed by atoms with E-state index in [-0.39, 0.29) is 11.3 Å². The van der Waals surface area contributed by atoms with Crippen LogP contribution in [0, 0.1) is 11.6 Å². The number of carbonyl (C=O) groups excluding carboxylic acids is 1. The lowest BCUT2D eigenvalue weighted by Gasteiger charge is -2.20.